The van der Waals surface area contributed by atoms with Gasteiger partial charge in [-0.1, -0.05) is 25.5 Å². The van der Waals surface area contributed by atoms with Gasteiger partial charge in [0.25, 0.3) is 0 Å². The van der Waals surface area contributed by atoms with Crippen LogP contribution in [0.2, 0.25) is 0 Å². The third-order valence-electron chi connectivity index (χ3n) is 2.86. The highest BCUT2D eigenvalue weighted by molar-refractivity contribution is 5.92. The average molecular weight is 250 g/mol. The van der Waals surface area contributed by atoms with E-state index in [0.29, 0.717) is 12.1 Å². The summed E-state index contributed by atoms with van der Waals surface area (Å²) in [5, 5.41) is 9.04. The van der Waals surface area contributed by atoms with Crippen LogP contribution in [0, 0.1) is 0 Å². The number of nitrogens with two attached hydrogens (primary N) is 1. The summed E-state index contributed by atoms with van der Waals surface area (Å²) in [6.45, 7) is 4.64. The second-order valence-electron chi connectivity index (χ2n) is 4.42. The summed E-state index contributed by atoms with van der Waals surface area (Å²) >= 11 is 0. The number of benzene rings is 1. The van der Waals surface area contributed by atoms with Gasteiger partial charge in [-0.05, 0) is 30.7 Å². The van der Waals surface area contributed by atoms with Gasteiger partial charge in [-0.25, -0.2) is 0 Å². The van der Waals surface area contributed by atoms with Crippen molar-refractivity contribution in [3.05, 3.63) is 35.4 Å². The number of rotatable bonds is 8. The van der Waals surface area contributed by atoms with Gasteiger partial charge in [-0.2, -0.15) is 0 Å². The Labute approximate surface area is 108 Å². The second kappa shape index (κ2) is 7.84. The molecule has 18 heavy (non-hydrogen) atoms. The van der Waals surface area contributed by atoms with Crippen molar-refractivity contribution in [3.63, 3.8) is 0 Å². The molecule has 0 unspecified atom stereocenters. The standard InChI is InChI=1S/C14H22N2O2/c1-2-3-7-16(8-9-17)11-12-5-4-6-13(10-12)14(15)18/h4-6,10,17H,2-3,7-9,11H2,1H3,(H2,15,18). The van der Waals surface area contributed by atoms with E-state index in [0.717, 1.165) is 31.5 Å². The van der Waals surface area contributed by atoms with Crippen LogP contribution in [-0.2, 0) is 6.54 Å². The van der Waals surface area contributed by atoms with Gasteiger partial charge in [-0.15, -0.1) is 0 Å². The van der Waals surface area contributed by atoms with Crippen LogP contribution in [0.1, 0.15) is 35.7 Å². The fraction of sp³-hybridized carbons (Fsp3) is 0.500. The van der Waals surface area contributed by atoms with Crippen LogP contribution in [0.5, 0.6) is 0 Å². The molecule has 0 radical (unpaired) electrons. The molecule has 0 atom stereocenters. The van der Waals surface area contributed by atoms with Crippen molar-refractivity contribution in [1.82, 2.24) is 4.90 Å². The molecule has 0 aliphatic carbocycles. The van der Waals surface area contributed by atoms with Gasteiger partial charge in [0, 0.05) is 18.7 Å². The Bertz CT molecular complexity index is 380. The number of carbonyl (C=O) groups is 1. The summed E-state index contributed by atoms with van der Waals surface area (Å²) < 4.78 is 0. The van der Waals surface area contributed by atoms with Crippen LogP contribution in [0.15, 0.2) is 24.3 Å². The molecule has 3 N–H and O–H groups in total. The normalized spacial score (nSPS) is 10.8. The molecule has 0 heterocycles. The molecule has 0 fully saturated rings. The Kier molecular flexibility index (Phi) is 6.39. The lowest BCUT2D eigenvalue weighted by molar-refractivity contribution is 0.1000. The minimum absolute atomic E-state index is 0.152. The summed E-state index contributed by atoms with van der Waals surface area (Å²) in [4.78, 5) is 13.3. The molecule has 0 aliphatic rings. The van der Waals surface area contributed by atoms with E-state index < -0.39 is 5.91 Å². The fourth-order valence-electron chi connectivity index (χ4n) is 1.87. The highest BCUT2D eigenvalue weighted by Crippen LogP contribution is 2.09. The molecule has 1 rings (SSSR count). The number of hydrogen-bond acceptors (Lipinski definition) is 3. The molecule has 1 aromatic carbocycles. The van der Waals surface area contributed by atoms with Crippen LogP contribution < -0.4 is 5.73 Å². The molecule has 0 saturated heterocycles. The zero-order valence-corrected chi connectivity index (χ0v) is 10.9. The summed E-state index contributed by atoms with van der Waals surface area (Å²) in [5.41, 5.74) is 6.85. The highest BCUT2D eigenvalue weighted by Gasteiger charge is 2.07. The third kappa shape index (κ3) is 4.85. The predicted molar refractivity (Wildman–Crippen MR) is 72.2 cm³/mol. The van der Waals surface area contributed by atoms with Crippen molar-refractivity contribution >= 4 is 5.91 Å². The van der Waals surface area contributed by atoms with Crippen LogP contribution >= 0.6 is 0 Å². The van der Waals surface area contributed by atoms with Gasteiger partial charge in [0.1, 0.15) is 0 Å². The molecular formula is C14H22N2O2. The number of carbonyl (C=O) groups excluding carboxylic acids is 1. The molecule has 100 valence electrons. The van der Waals surface area contributed by atoms with Gasteiger partial charge in [0.2, 0.25) is 5.91 Å². The van der Waals surface area contributed by atoms with Gasteiger partial charge >= 0.3 is 0 Å². The summed E-state index contributed by atoms with van der Waals surface area (Å²) in [7, 11) is 0. The Balaban J connectivity index is 2.67. The zero-order chi connectivity index (χ0) is 13.4. The molecule has 0 bridgehead atoms. The quantitative estimate of drug-likeness (QED) is 0.732. The maximum absolute atomic E-state index is 11.1. The van der Waals surface area contributed by atoms with Crippen molar-refractivity contribution in [3.8, 4) is 0 Å². The molecular weight excluding hydrogens is 228 g/mol. The first-order valence-corrected chi connectivity index (χ1v) is 6.39. The zero-order valence-electron chi connectivity index (χ0n) is 10.9. The summed E-state index contributed by atoms with van der Waals surface area (Å²) in [5.74, 6) is -0.404. The number of aliphatic hydroxyl groups is 1. The van der Waals surface area contributed by atoms with E-state index in [-0.39, 0.29) is 6.61 Å². The number of nitrogens with zero attached hydrogens (tertiary/aromatic N) is 1. The van der Waals surface area contributed by atoms with E-state index in [1.54, 1.807) is 6.07 Å². The Morgan fingerprint density at radius 3 is 2.78 bits per heavy atom. The number of primary amides is 1. The maximum Gasteiger partial charge on any atom is 0.248 e. The van der Waals surface area contributed by atoms with E-state index in [4.69, 9.17) is 10.8 Å². The molecule has 0 saturated carbocycles. The molecule has 0 aromatic heterocycles. The van der Waals surface area contributed by atoms with Crippen LogP contribution in [-0.4, -0.2) is 35.6 Å². The predicted octanol–water partition coefficient (Wildman–Crippen LogP) is 1.38. The largest absolute Gasteiger partial charge is 0.395 e. The lowest BCUT2D eigenvalue weighted by Gasteiger charge is -2.21. The molecule has 1 amide bonds. The van der Waals surface area contributed by atoms with Gasteiger partial charge in [0.05, 0.1) is 6.61 Å². The summed E-state index contributed by atoms with van der Waals surface area (Å²) in [6.07, 6.45) is 2.23. The van der Waals surface area contributed by atoms with Crippen molar-refractivity contribution in [2.75, 3.05) is 19.7 Å². The van der Waals surface area contributed by atoms with Crippen molar-refractivity contribution in [1.29, 1.82) is 0 Å². The number of hydrogen-bond donors (Lipinski definition) is 2. The van der Waals surface area contributed by atoms with Crippen molar-refractivity contribution in [2.45, 2.75) is 26.3 Å². The topological polar surface area (TPSA) is 66.6 Å². The van der Waals surface area contributed by atoms with Crippen molar-refractivity contribution < 1.29 is 9.90 Å². The second-order valence-corrected chi connectivity index (χ2v) is 4.42. The van der Waals surface area contributed by atoms with Crippen LogP contribution in [0.25, 0.3) is 0 Å². The van der Waals surface area contributed by atoms with E-state index >= 15 is 0 Å². The molecule has 4 nitrogen and oxygen atoms in total. The average Bonchev–Trinajstić information content (AvgIpc) is 2.36. The maximum atomic E-state index is 11.1. The van der Waals surface area contributed by atoms with Crippen LogP contribution in [0.4, 0.5) is 0 Å². The Hall–Kier alpha value is -1.39. The monoisotopic (exact) mass is 250 g/mol. The van der Waals surface area contributed by atoms with E-state index in [1.165, 1.54) is 0 Å². The highest BCUT2D eigenvalue weighted by atomic mass is 16.3. The number of amides is 1. The van der Waals surface area contributed by atoms with E-state index in [2.05, 4.69) is 11.8 Å². The minimum Gasteiger partial charge on any atom is -0.395 e. The van der Waals surface area contributed by atoms with Crippen molar-refractivity contribution in [2.24, 2.45) is 5.73 Å². The van der Waals surface area contributed by atoms with E-state index in [1.807, 2.05) is 18.2 Å². The first-order chi connectivity index (χ1) is 8.67. The summed E-state index contributed by atoms with van der Waals surface area (Å²) in [6, 6.07) is 7.35. The smallest absolute Gasteiger partial charge is 0.248 e. The molecule has 0 spiro atoms. The Morgan fingerprint density at radius 2 is 2.17 bits per heavy atom. The van der Waals surface area contributed by atoms with E-state index in [9.17, 15) is 4.79 Å². The minimum atomic E-state index is -0.404. The van der Waals surface area contributed by atoms with Crippen LogP contribution in [0.3, 0.4) is 0 Å². The third-order valence-corrected chi connectivity index (χ3v) is 2.86. The molecule has 0 aliphatic heterocycles. The first-order valence-electron chi connectivity index (χ1n) is 6.39. The Morgan fingerprint density at radius 1 is 1.39 bits per heavy atom. The van der Waals surface area contributed by atoms with Gasteiger partial charge in [-0.3, -0.25) is 9.69 Å². The number of aliphatic hydroxyl groups excluding tert-OH is 1. The lowest BCUT2D eigenvalue weighted by atomic mass is 10.1. The molecule has 1 aromatic rings. The van der Waals surface area contributed by atoms with Gasteiger partial charge < -0.3 is 10.8 Å². The SMILES string of the molecule is CCCCN(CCO)Cc1cccc(C(N)=O)c1. The number of unbranched alkanes of at least 4 members (excludes halogenated alkanes) is 1. The van der Waals surface area contributed by atoms with Gasteiger partial charge in [0.15, 0.2) is 0 Å². The first kappa shape index (κ1) is 14.7. The molecule has 4 heteroatoms. The fourth-order valence-corrected chi connectivity index (χ4v) is 1.87. The lowest BCUT2D eigenvalue weighted by Crippen LogP contribution is -2.27.